The molecule has 2 saturated heterocycles. The lowest BCUT2D eigenvalue weighted by Gasteiger charge is -2.44. The number of likely N-dealkylation sites (tertiary alicyclic amines) is 1. The molecule has 116 valence electrons. The van der Waals surface area contributed by atoms with Crippen LogP contribution in [-0.4, -0.2) is 49.2 Å². The third kappa shape index (κ3) is 3.66. The number of rotatable bonds is 2. The number of nitrogens with zero attached hydrogens (tertiary/aromatic N) is 1. The number of nitrogens with one attached hydrogen (secondary N) is 1. The number of fused-ring (bicyclic) bond motifs is 1. The number of hydrogen-bond donors (Lipinski definition) is 1. The Morgan fingerprint density at radius 2 is 2.00 bits per heavy atom. The fourth-order valence-corrected chi connectivity index (χ4v) is 4.00. The minimum atomic E-state index is 0. The Labute approximate surface area is 128 Å². The number of halogens is 1. The topological polar surface area (TPSA) is 41.6 Å². The molecule has 0 aromatic rings. The standard InChI is InChI=1S/C15H26N2O2.ClH/c18-15(10-13-11-16-7-9-19-13)17-8-3-5-12-4-1-2-6-14(12)17;/h12-14,16H,1-11H2;1H. The summed E-state index contributed by atoms with van der Waals surface area (Å²) in [6, 6.07) is 0.534. The summed E-state index contributed by atoms with van der Waals surface area (Å²) in [5, 5.41) is 3.30. The van der Waals surface area contributed by atoms with Crippen LogP contribution in [-0.2, 0) is 9.53 Å². The summed E-state index contributed by atoms with van der Waals surface area (Å²) in [4.78, 5) is 14.7. The zero-order valence-electron chi connectivity index (χ0n) is 12.2. The molecule has 0 spiro atoms. The van der Waals surface area contributed by atoms with E-state index in [4.69, 9.17) is 4.74 Å². The van der Waals surface area contributed by atoms with Crippen molar-refractivity contribution >= 4 is 18.3 Å². The van der Waals surface area contributed by atoms with Gasteiger partial charge in [-0.2, -0.15) is 0 Å². The highest BCUT2D eigenvalue weighted by atomic mass is 35.5. The second-order valence-corrected chi connectivity index (χ2v) is 6.24. The van der Waals surface area contributed by atoms with Crippen LogP contribution < -0.4 is 5.32 Å². The van der Waals surface area contributed by atoms with E-state index in [0.717, 1.165) is 32.2 Å². The van der Waals surface area contributed by atoms with E-state index in [-0.39, 0.29) is 18.5 Å². The van der Waals surface area contributed by atoms with Crippen LogP contribution in [0.5, 0.6) is 0 Å². The molecule has 3 aliphatic rings. The van der Waals surface area contributed by atoms with Crippen LogP contribution in [0, 0.1) is 5.92 Å². The molecule has 1 N–H and O–H groups in total. The molecule has 3 rings (SSSR count). The molecule has 1 aliphatic carbocycles. The minimum absolute atomic E-state index is 0. The zero-order valence-corrected chi connectivity index (χ0v) is 13.0. The lowest BCUT2D eigenvalue weighted by atomic mass is 9.78. The number of carbonyl (C=O) groups is 1. The lowest BCUT2D eigenvalue weighted by Crippen LogP contribution is -2.51. The Balaban J connectivity index is 0.00000147. The Morgan fingerprint density at radius 3 is 2.80 bits per heavy atom. The van der Waals surface area contributed by atoms with E-state index >= 15 is 0 Å². The van der Waals surface area contributed by atoms with Crippen molar-refractivity contribution in [2.24, 2.45) is 5.92 Å². The molecule has 2 aliphatic heterocycles. The number of piperidine rings is 1. The number of ether oxygens (including phenoxy) is 1. The van der Waals surface area contributed by atoms with E-state index in [2.05, 4.69) is 10.2 Å². The summed E-state index contributed by atoms with van der Waals surface area (Å²) in [5.41, 5.74) is 0. The number of carbonyl (C=O) groups excluding carboxylic acids is 1. The molecule has 0 radical (unpaired) electrons. The Bertz CT molecular complexity index is 319. The van der Waals surface area contributed by atoms with Gasteiger partial charge in [0.05, 0.1) is 19.1 Å². The molecule has 4 nitrogen and oxygen atoms in total. The normalized spacial score (nSPS) is 34.0. The van der Waals surface area contributed by atoms with Gasteiger partial charge in [-0.15, -0.1) is 12.4 Å². The van der Waals surface area contributed by atoms with Crippen LogP contribution in [0.3, 0.4) is 0 Å². The maximum atomic E-state index is 12.5. The van der Waals surface area contributed by atoms with Gasteiger partial charge in [0.15, 0.2) is 0 Å². The van der Waals surface area contributed by atoms with Gasteiger partial charge in [0.25, 0.3) is 0 Å². The largest absolute Gasteiger partial charge is 0.375 e. The van der Waals surface area contributed by atoms with Crippen LogP contribution in [0.15, 0.2) is 0 Å². The van der Waals surface area contributed by atoms with Crippen molar-refractivity contribution in [1.29, 1.82) is 0 Å². The van der Waals surface area contributed by atoms with E-state index in [0.29, 0.717) is 18.4 Å². The third-order valence-electron chi connectivity index (χ3n) is 4.97. The average Bonchev–Trinajstić information content (AvgIpc) is 2.47. The van der Waals surface area contributed by atoms with Gasteiger partial charge in [-0.05, 0) is 31.6 Å². The van der Waals surface area contributed by atoms with E-state index in [1.807, 2.05) is 0 Å². The summed E-state index contributed by atoms with van der Waals surface area (Å²) in [5.74, 6) is 1.10. The summed E-state index contributed by atoms with van der Waals surface area (Å²) in [6.45, 7) is 3.46. The molecule has 5 heteroatoms. The predicted octanol–water partition coefficient (Wildman–Crippen LogP) is 1.97. The van der Waals surface area contributed by atoms with Crippen molar-refractivity contribution in [2.75, 3.05) is 26.2 Å². The highest BCUT2D eigenvalue weighted by Crippen LogP contribution is 2.35. The van der Waals surface area contributed by atoms with Crippen LogP contribution in [0.4, 0.5) is 0 Å². The number of hydrogen-bond acceptors (Lipinski definition) is 3. The lowest BCUT2D eigenvalue weighted by molar-refractivity contribution is -0.141. The molecule has 3 unspecified atom stereocenters. The van der Waals surface area contributed by atoms with Gasteiger partial charge in [-0.3, -0.25) is 4.79 Å². The highest BCUT2D eigenvalue weighted by molar-refractivity contribution is 5.85. The molecule has 0 aromatic carbocycles. The second kappa shape index (κ2) is 7.62. The SMILES string of the molecule is Cl.O=C(CC1CNCCO1)N1CCCC2CCCCC21. The maximum Gasteiger partial charge on any atom is 0.225 e. The summed E-state index contributed by atoms with van der Waals surface area (Å²) < 4.78 is 5.67. The molecule has 1 amide bonds. The van der Waals surface area contributed by atoms with Crippen molar-refractivity contribution in [3.8, 4) is 0 Å². The van der Waals surface area contributed by atoms with Gasteiger partial charge in [-0.1, -0.05) is 12.8 Å². The van der Waals surface area contributed by atoms with Crippen molar-refractivity contribution in [3.05, 3.63) is 0 Å². The Morgan fingerprint density at radius 1 is 1.20 bits per heavy atom. The molecular weight excluding hydrogens is 276 g/mol. The highest BCUT2D eigenvalue weighted by Gasteiger charge is 2.36. The molecule has 0 aromatic heterocycles. The summed E-state index contributed by atoms with van der Waals surface area (Å²) in [6.07, 6.45) is 8.38. The second-order valence-electron chi connectivity index (χ2n) is 6.24. The fourth-order valence-electron chi connectivity index (χ4n) is 4.00. The molecule has 0 bridgehead atoms. The smallest absolute Gasteiger partial charge is 0.225 e. The molecule has 2 heterocycles. The van der Waals surface area contributed by atoms with E-state index in [9.17, 15) is 4.79 Å². The van der Waals surface area contributed by atoms with Crippen LogP contribution in [0.2, 0.25) is 0 Å². The van der Waals surface area contributed by atoms with Gasteiger partial charge in [0, 0.05) is 25.7 Å². The van der Waals surface area contributed by atoms with Crippen molar-refractivity contribution in [2.45, 2.75) is 57.1 Å². The zero-order chi connectivity index (χ0) is 13.1. The summed E-state index contributed by atoms with van der Waals surface area (Å²) in [7, 11) is 0. The minimum Gasteiger partial charge on any atom is -0.375 e. The van der Waals surface area contributed by atoms with Crippen molar-refractivity contribution in [1.82, 2.24) is 10.2 Å². The Kier molecular flexibility index (Phi) is 6.12. The van der Waals surface area contributed by atoms with Crippen LogP contribution in [0.1, 0.15) is 44.9 Å². The van der Waals surface area contributed by atoms with E-state index < -0.39 is 0 Å². The van der Waals surface area contributed by atoms with Crippen molar-refractivity contribution < 1.29 is 9.53 Å². The first-order valence-electron chi connectivity index (χ1n) is 7.96. The van der Waals surface area contributed by atoms with E-state index in [1.54, 1.807) is 0 Å². The number of amides is 1. The van der Waals surface area contributed by atoms with Gasteiger partial charge in [0.1, 0.15) is 0 Å². The molecule has 1 saturated carbocycles. The first kappa shape index (κ1) is 16.1. The molecule has 3 atom stereocenters. The third-order valence-corrected chi connectivity index (χ3v) is 4.97. The average molecular weight is 303 g/mol. The van der Waals surface area contributed by atoms with E-state index in [1.165, 1.54) is 38.5 Å². The first-order valence-corrected chi connectivity index (χ1v) is 7.96. The predicted molar refractivity (Wildman–Crippen MR) is 81.2 cm³/mol. The molecule has 3 fully saturated rings. The van der Waals surface area contributed by atoms with Gasteiger partial charge in [-0.25, -0.2) is 0 Å². The quantitative estimate of drug-likeness (QED) is 0.848. The number of morpholine rings is 1. The van der Waals surface area contributed by atoms with Gasteiger partial charge >= 0.3 is 0 Å². The molecule has 20 heavy (non-hydrogen) atoms. The fraction of sp³-hybridized carbons (Fsp3) is 0.933. The molecular formula is C15H27ClN2O2. The Hall–Kier alpha value is -0.320. The van der Waals surface area contributed by atoms with Gasteiger partial charge in [0.2, 0.25) is 5.91 Å². The van der Waals surface area contributed by atoms with Crippen molar-refractivity contribution in [3.63, 3.8) is 0 Å². The van der Waals surface area contributed by atoms with Crippen LogP contribution >= 0.6 is 12.4 Å². The monoisotopic (exact) mass is 302 g/mol. The summed E-state index contributed by atoms with van der Waals surface area (Å²) >= 11 is 0. The maximum absolute atomic E-state index is 12.5. The van der Waals surface area contributed by atoms with Gasteiger partial charge < -0.3 is 15.0 Å². The first-order chi connectivity index (χ1) is 9.34. The van der Waals surface area contributed by atoms with Crippen LogP contribution in [0.25, 0.3) is 0 Å².